The van der Waals surface area contributed by atoms with Crippen molar-refractivity contribution in [2.45, 2.75) is 38.0 Å². The maximum absolute atomic E-state index is 13.2. The number of nitrogens with zero attached hydrogens (tertiary/aromatic N) is 2. The molecule has 1 saturated carbocycles. The predicted octanol–water partition coefficient (Wildman–Crippen LogP) is 2.85. The lowest BCUT2D eigenvalue weighted by Crippen LogP contribution is -2.40. The maximum Gasteiger partial charge on any atom is 0.227 e. The highest BCUT2D eigenvalue weighted by Crippen LogP contribution is 2.27. The second-order valence-electron chi connectivity index (χ2n) is 7.31. The molecule has 1 aromatic heterocycles. The van der Waals surface area contributed by atoms with Gasteiger partial charge in [0, 0.05) is 35.0 Å². The largest absolute Gasteiger partial charge is 0.490 e. The summed E-state index contributed by atoms with van der Waals surface area (Å²) in [6, 6.07) is 11.2. The summed E-state index contributed by atoms with van der Waals surface area (Å²) < 4.78 is 22.8. The number of rotatable bonds is 8. The number of benzene rings is 1. The van der Waals surface area contributed by atoms with E-state index in [4.69, 9.17) is 9.47 Å². The number of hydrogen-bond acceptors (Lipinski definition) is 5. The van der Waals surface area contributed by atoms with Crippen LogP contribution in [0.25, 0.3) is 0 Å². The molecule has 2 aromatic rings. The summed E-state index contributed by atoms with van der Waals surface area (Å²) in [7, 11) is 0.532. The van der Waals surface area contributed by atoms with Crippen LogP contribution in [-0.2, 0) is 28.6 Å². The third-order valence-electron chi connectivity index (χ3n) is 4.98. The Morgan fingerprint density at radius 3 is 2.66 bits per heavy atom. The van der Waals surface area contributed by atoms with E-state index in [0.29, 0.717) is 24.3 Å². The predicted molar refractivity (Wildman–Crippen MR) is 111 cm³/mol. The minimum absolute atomic E-state index is 0.00908. The Bertz CT molecular complexity index is 925. The number of pyridine rings is 1. The Morgan fingerprint density at radius 1 is 1.21 bits per heavy atom. The minimum atomic E-state index is -1.03. The van der Waals surface area contributed by atoms with Gasteiger partial charge < -0.3 is 14.4 Å². The first-order valence-electron chi connectivity index (χ1n) is 9.70. The Kier molecular flexibility index (Phi) is 5.94. The molecule has 1 aliphatic carbocycles. The molecular formula is C22H24N2O4S. The van der Waals surface area contributed by atoms with Crippen molar-refractivity contribution in [2.24, 2.45) is 0 Å². The number of carbonyl (C=O) groups excluding carboxylic acids is 1. The summed E-state index contributed by atoms with van der Waals surface area (Å²) in [5.41, 5.74) is 1.85. The Balaban J connectivity index is 1.47. The van der Waals surface area contributed by atoms with Crippen LogP contribution in [0.2, 0.25) is 0 Å². The Morgan fingerprint density at radius 2 is 2.00 bits per heavy atom. The van der Waals surface area contributed by atoms with Gasteiger partial charge in [0.25, 0.3) is 0 Å². The molecular weight excluding hydrogens is 388 g/mol. The molecule has 0 bridgehead atoms. The van der Waals surface area contributed by atoms with Gasteiger partial charge in [-0.3, -0.25) is 9.00 Å². The van der Waals surface area contributed by atoms with Crippen molar-refractivity contribution in [1.82, 2.24) is 9.88 Å². The lowest BCUT2D eigenvalue weighted by Gasteiger charge is -2.28. The van der Waals surface area contributed by atoms with Crippen molar-refractivity contribution in [1.29, 1.82) is 0 Å². The summed E-state index contributed by atoms with van der Waals surface area (Å²) in [5, 5.41) is 1.67. The van der Waals surface area contributed by atoms with Gasteiger partial charge in [0.15, 0.2) is 0 Å². The van der Waals surface area contributed by atoms with Crippen molar-refractivity contribution in [3.63, 3.8) is 0 Å². The van der Waals surface area contributed by atoms with Crippen molar-refractivity contribution in [3.05, 3.63) is 65.2 Å². The van der Waals surface area contributed by atoms with Crippen LogP contribution in [0, 0.1) is 0 Å². The first-order valence-corrected chi connectivity index (χ1v) is 11.1. The standard InChI is InChI=1S/C22H24N2O4S/c1-27-21-12-17(8-10-23-21)14-24(18-9-11-29(26)15-18)22(25)13-16-2-4-19(5-3-16)28-20-6-7-20/h2-5,8-12,18,20H,6-7,13-15H2,1H3. The molecule has 1 aromatic carbocycles. The summed E-state index contributed by atoms with van der Waals surface area (Å²) in [4.78, 5) is 19.1. The first kappa shape index (κ1) is 19.6. The highest BCUT2D eigenvalue weighted by molar-refractivity contribution is 7.88. The van der Waals surface area contributed by atoms with Crippen LogP contribution < -0.4 is 9.47 Å². The number of amides is 1. The van der Waals surface area contributed by atoms with E-state index in [0.717, 1.165) is 29.7 Å². The summed E-state index contributed by atoms with van der Waals surface area (Å²) in [6.07, 6.45) is 6.39. The molecule has 2 atom stereocenters. The third kappa shape index (κ3) is 5.23. The van der Waals surface area contributed by atoms with Gasteiger partial charge in [-0.25, -0.2) is 4.98 Å². The summed E-state index contributed by atoms with van der Waals surface area (Å²) in [5.74, 6) is 1.78. The van der Waals surface area contributed by atoms with E-state index < -0.39 is 10.8 Å². The van der Waals surface area contributed by atoms with E-state index >= 15 is 0 Å². The molecule has 0 saturated heterocycles. The van der Waals surface area contributed by atoms with Gasteiger partial charge in [-0.2, -0.15) is 0 Å². The van der Waals surface area contributed by atoms with Crippen LogP contribution in [0.4, 0.5) is 0 Å². The molecule has 1 fully saturated rings. The fraction of sp³-hybridized carbons (Fsp3) is 0.364. The highest BCUT2D eigenvalue weighted by atomic mass is 32.2. The van der Waals surface area contributed by atoms with E-state index in [1.165, 1.54) is 0 Å². The van der Waals surface area contributed by atoms with Gasteiger partial charge >= 0.3 is 0 Å². The molecule has 29 heavy (non-hydrogen) atoms. The van der Waals surface area contributed by atoms with E-state index in [1.807, 2.05) is 42.5 Å². The fourth-order valence-electron chi connectivity index (χ4n) is 3.24. The number of hydrogen-bond donors (Lipinski definition) is 0. The molecule has 1 amide bonds. The van der Waals surface area contributed by atoms with E-state index in [1.54, 1.807) is 23.6 Å². The topological polar surface area (TPSA) is 68.7 Å². The van der Waals surface area contributed by atoms with Crippen LogP contribution in [0.1, 0.15) is 24.0 Å². The molecule has 7 heteroatoms. The zero-order valence-electron chi connectivity index (χ0n) is 16.3. The molecule has 0 spiro atoms. The van der Waals surface area contributed by atoms with Gasteiger partial charge in [-0.05, 0) is 42.2 Å². The monoisotopic (exact) mass is 412 g/mol. The van der Waals surface area contributed by atoms with Crippen molar-refractivity contribution in [3.8, 4) is 11.6 Å². The highest BCUT2D eigenvalue weighted by Gasteiger charge is 2.27. The molecule has 2 heterocycles. The fourth-order valence-corrected chi connectivity index (χ4v) is 4.33. The lowest BCUT2D eigenvalue weighted by atomic mass is 10.1. The molecule has 1 aliphatic heterocycles. The van der Waals surface area contributed by atoms with Gasteiger partial charge in [0.2, 0.25) is 11.8 Å². The molecule has 6 nitrogen and oxygen atoms in total. The van der Waals surface area contributed by atoms with E-state index in [-0.39, 0.29) is 18.4 Å². The number of ether oxygens (including phenoxy) is 2. The van der Waals surface area contributed by atoms with Crippen LogP contribution in [0.15, 0.2) is 54.1 Å². The Hall–Kier alpha value is -2.67. The van der Waals surface area contributed by atoms with E-state index in [2.05, 4.69) is 4.98 Å². The number of carbonyl (C=O) groups is 1. The van der Waals surface area contributed by atoms with Crippen molar-refractivity contribution in [2.75, 3.05) is 12.9 Å². The van der Waals surface area contributed by atoms with Gasteiger partial charge in [0.05, 0.1) is 31.4 Å². The molecule has 0 radical (unpaired) electrons. The van der Waals surface area contributed by atoms with Crippen LogP contribution in [0.5, 0.6) is 11.6 Å². The molecule has 4 rings (SSSR count). The van der Waals surface area contributed by atoms with Crippen molar-refractivity contribution >= 4 is 16.7 Å². The molecule has 0 N–H and O–H groups in total. The smallest absolute Gasteiger partial charge is 0.227 e. The third-order valence-corrected chi connectivity index (χ3v) is 6.11. The number of aromatic nitrogens is 1. The Labute approximate surface area is 173 Å². The normalized spacial score (nSPS) is 20.4. The van der Waals surface area contributed by atoms with Crippen LogP contribution >= 0.6 is 0 Å². The molecule has 152 valence electrons. The van der Waals surface area contributed by atoms with Gasteiger partial charge in [-0.15, -0.1) is 0 Å². The zero-order valence-corrected chi connectivity index (χ0v) is 17.1. The molecule has 2 unspecified atom stereocenters. The maximum atomic E-state index is 13.2. The van der Waals surface area contributed by atoms with Gasteiger partial charge in [0.1, 0.15) is 5.75 Å². The van der Waals surface area contributed by atoms with Gasteiger partial charge in [-0.1, -0.05) is 18.2 Å². The van der Waals surface area contributed by atoms with Crippen LogP contribution in [-0.4, -0.2) is 45.0 Å². The second kappa shape index (κ2) is 8.78. The average Bonchev–Trinajstić information content (AvgIpc) is 3.45. The summed E-state index contributed by atoms with van der Waals surface area (Å²) >= 11 is 0. The average molecular weight is 413 g/mol. The number of methoxy groups -OCH3 is 1. The zero-order chi connectivity index (χ0) is 20.2. The minimum Gasteiger partial charge on any atom is -0.490 e. The SMILES string of the molecule is COc1cc(CN(C(=O)Cc2ccc(OC3CC3)cc2)C2C=CS(=O)C2)ccn1. The second-order valence-corrected chi connectivity index (χ2v) is 8.68. The van der Waals surface area contributed by atoms with Crippen LogP contribution in [0.3, 0.4) is 0 Å². The molecule has 2 aliphatic rings. The first-order chi connectivity index (χ1) is 14.1. The summed E-state index contributed by atoms with van der Waals surface area (Å²) in [6.45, 7) is 0.410. The lowest BCUT2D eigenvalue weighted by molar-refractivity contribution is -0.132. The van der Waals surface area contributed by atoms with Crippen molar-refractivity contribution < 1.29 is 18.5 Å². The van der Waals surface area contributed by atoms with E-state index in [9.17, 15) is 9.00 Å². The quantitative estimate of drug-likeness (QED) is 0.667.